The van der Waals surface area contributed by atoms with Crippen LogP contribution < -0.4 is 4.90 Å². The van der Waals surface area contributed by atoms with Crippen molar-refractivity contribution >= 4 is 29.4 Å². The normalized spacial score (nSPS) is 19.8. The average molecular weight is 414 g/mol. The van der Waals surface area contributed by atoms with Gasteiger partial charge in [0.15, 0.2) is 11.6 Å². The van der Waals surface area contributed by atoms with Gasteiger partial charge in [-0.15, -0.1) is 0 Å². The van der Waals surface area contributed by atoms with Crippen molar-refractivity contribution in [1.29, 1.82) is 0 Å². The van der Waals surface area contributed by atoms with Crippen LogP contribution >= 0.6 is 11.6 Å². The number of pyridine rings is 1. The molecule has 8 heteroatoms. The van der Waals surface area contributed by atoms with Gasteiger partial charge in [0.1, 0.15) is 5.69 Å². The molecule has 7 nitrogen and oxygen atoms in total. The molecule has 2 aliphatic heterocycles. The molecule has 29 heavy (non-hydrogen) atoms. The zero-order valence-corrected chi connectivity index (χ0v) is 17.1. The highest BCUT2D eigenvalue weighted by atomic mass is 35.5. The molecule has 0 radical (unpaired) electrons. The number of carbonyl (C=O) groups is 1. The van der Waals surface area contributed by atoms with Gasteiger partial charge in [-0.3, -0.25) is 14.7 Å². The first-order valence-corrected chi connectivity index (χ1v) is 10.6. The molecule has 1 fully saturated rings. The van der Waals surface area contributed by atoms with Crippen molar-refractivity contribution in [2.75, 3.05) is 50.7 Å². The average Bonchev–Trinajstić information content (AvgIpc) is 3.17. The molecule has 1 saturated heterocycles. The summed E-state index contributed by atoms with van der Waals surface area (Å²) in [6, 6.07) is 3.90. The number of halogens is 1. The number of hydrogen-bond acceptors (Lipinski definition) is 6. The van der Waals surface area contributed by atoms with E-state index in [0.29, 0.717) is 5.69 Å². The Bertz CT molecular complexity index is 948. The number of carbonyl (C=O) groups excluding carboxylic acids is 1. The second-order valence-electron chi connectivity index (χ2n) is 7.82. The predicted octanol–water partition coefficient (Wildman–Crippen LogP) is 2.42. The van der Waals surface area contributed by atoms with Crippen LogP contribution in [0.3, 0.4) is 0 Å². The lowest BCUT2D eigenvalue weighted by Crippen LogP contribution is -2.50. The van der Waals surface area contributed by atoms with Crippen LogP contribution in [0.15, 0.2) is 27.9 Å². The van der Waals surface area contributed by atoms with Crippen molar-refractivity contribution in [3.63, 3.8) is 0 Å². The van der Waals surface area contributed by atoms with Crippen molar-refractivity contribution in [1.82, 2.24) is 19.9 Å². The lowest BCUT2D eigenvalue weighted by atomic mass is 10.0. The van der Waals surface area contributed by atoms with Crippen LogP contribution in [-0.2, 0) is 12.8 Å². The Morgan fingerprint density at radius 1 is 1.07 bits per heavy atom. The molecular weight excluding hydrogens is 390 g/mol. The summed E-state index contributed by atoms with van der Waals surface area (Å²) < 4.78 is 5.49. The zero-order valence-electron chi connectivity index (χ0n) is 16.3. The second-order valence-corrected chi connectivity index (χ2v) is 8.31. The molecule has 1 amide bonds. The molecule has 0 N–H and O–H groups in total. The molecular formula is C21H24ClN5O2. The highest BCUT2D eigenvalue weighted by Gasteiger charge is 2.28. The highest BCUT2D eigenvalue weighted by molar-refractivity contribution is 6.31. The SMILES string of the molecule is O=C1c2ncccc2CCN1CCN1CCN(c2noc3c2CCC(Cl)=C3)CC1. The summed E-state index contributed by atoms with van der Waals surface area (Å²) >= 11 is 6.12. The number of aromatic nitrogens is 2. The predicted molar refractivity (Wildman–Crippen MR) is 111 cm³/mol. The maximum atomic E-state index is 12.7. The number of anilines is 1. The summed E-state index contributed by atoms with van der Waals surface area (Å²) in [5.74, 6) is 1.83. The fourth-order valence-corrected chi connectivity index (χ4v) is 4.56. The van der Waals surface area contributed by atoms with E-state index >= 15 is 0 Å². The molecule has 0 unspecified atom stereocenters. The molecule has 3 aliphatic rings. The van der Waals surface area contributed by atoms with Crippen molar-refractivity contribution in [2.24, 2.45) is 0 Å². The Labute approximate surface area is 174 Å². The largest absolute Gasteiger partial charge is 0.354 e. The third kappa shape index (κ3) is 3.65. The minimum atomic E-state index is 0.0615. The van der Waals surface area contributed by atoms with Gasteiger partial charge in [0, 0.05) is 62.6 Å². The van der Waals surface area contributed by atoms with E-state index in [2.05, 4.69) is 19.9 Å². The van der Waals surface area contributed by atoms with E-state index in [1.54, 1.807) is 6.20 Å². The summed E-state index contributed by atoms with van der Waals surface area (Å²) in [4.78, 5) is 23.6. The minimum Gasteiger partial charge on any atom is -0.354 e. The molecule has 0 aromatic carbocycles. The second kappa shape index (κ2) is 7.80. The van der Waals surface area contributed by atoms with Crippen LogP contribution in [0.4, 0.5) is 5.82 Å². The summed E-state index contributed by atoms with van der Waals surface area (Å²) in [7, 11) is 0. The summed E-state index contributed by atoms with van der Waals surface area (Å²) in [6.07, 6.45) is 6.21. The maximum absolute atomic E-state index is 12.7. The Morgan fingerprint density at radius 3 is 2.79 bits per heavy atom. The van der Waals surface area contributed by atoms with Crippen LogP contribution in [0, 0.1) is 0 Å². The van der Waals surface area contributed by atoms with Gasteiger partial charge in [0.05, 0.1) is 0 Å². The number of nitrogens with zero attached hydrogens (tertiary/aromatic N) is 5. The number of fused-ring (bicyclic) bond motifs is 2. The van der Waals surface area contributed by atoms with E-state index < -0.39 is 0 Å². The quantitative estimate of drug-likeness (QED) is 0.767. The number of allylic oxidation sites excluding steroid dienone is 1. The Kier molecular flexibility index (Phi) is 5.01. The Balaban J connectivity index is 1.15. The van der Waals surface area contributed by atoms with Crippen LogP contribution in [0.2, 0.25) is 0 Å². The maximum Gasteiger partial charge on any atom is 0.272 e. The topological polar surface area (TPSA) is 65.7 Å². The molecule has 2 aromatic heterocycles. The number of rotatable bonds is 4. The first-order valence-electron chi connectivity index (χ1n) is 10.2. The van der Waals surface area contributed by atoms with Crippen molar-refractivity contribution in [3.8, 4) is 0 Å². The van der Waals surface area contributed by atoms with Crippen LogP contribution in [0.25, 0.3) is 6.08 Å². The number of piperazine rings is 1. The third-order valence-electron chi connectivity index (χ3n) is 6.09. The first-order chi connectivity index (χ1) is 14.2. The fraction of sp³-hybridized carbons (Fsp3) is 0.476. The van der Waals surface area contributed by atoms with Crippen molar-refractivity contribution < 1.29 is 9.32 Å². The summed E-state index contributed by atoms with van der Waals surface area (Å²) in [5, 5.41) is 5.13. The lowest BCUT2D eigenvalue weighted by molar-refractivity contribution is 0.0710. The third-order valence-corrected chi connectivity index (χ3v) is 6.39. The van der Waals surface area contributed by atoms with E-state index in [4.69, 9.17) is 16.1 Å². The molecule has 0 saturated carbocycles. The van der Waals surface area contributed by atoms with E-state index in [1.807, 2.05) is 23.1 Å². The zero-order chi connectivity index (χ0) is 19.8. The van der Waals surface area contributed by atoms with E-state index in [1.165, 1.54) is 5.56 Å². The molecule has 1 aliphatic carbocycles. The summed E-state index contributed by atoms with van der Waals surface area (Å²) in [5.41, 5.74) is 2.86. The number of amides is 1. The lowest BCUT2D eigenvalue weighted by Gasteiger charge is -2.36. The van der Waals surface area contributed by atoms with E-state index in [9.17, 15) is 4.79 Å². The number of hydrogen-bond donors (Lipinski definition) is 0. The van der Waals surface area contributed by atoms with Crippen LogP contribution in [0.1, 0.15) is 33.8 Å². The smallest absolute Gasteiger partial charge is 0.272 e. The monoisotopic (exact) mass is 413 g/mol. The standard InChI is InChI=1S/C21H24ClN5O2/c22-16-3-4-17-18(14-16)29-24-20(17)26-11-8-25(9-12-26)10-13-27-7-5-15-2-1-6-23-19(15)21(27)28/h1-2,6,14H,3-5,7-13H2. The molecule has 4 heterocycles. The van der Waals surface area contributed by atoms with Gasteiger partial charge in [-0.1, -0.05) is 22.8 Å². The molecule has 0 bridgehead atoms. The molecule has 5 rings (SSSR count). The van der Waals surface area contributed by atoms with E-state index in [-0.39, 0.29) is 5.91 Å². The minimum absolute atomic E-state index is 0.0615. The molecule has 2 aromatic rings. The Morgan fingerprint density at radius 2 is 1.93 bits per heavy atom. The van der Waals surface area contributed by atoms with Gasteiger partial charge >= 0.3 is 0 Å². The van der Waals surface area contributed by atoms with Crippen LogP contribution in [0.5, 0.6) is 0 Å². The van der Waals surface area contributed by atoms with Crippen molar-refractivity contribution in [2.45, 2.75) is 19.3 Å². The van der Waals surface area contributed by atoms with E-state index in [0.717, 1.165) is 87.2 Å². The summed E-state index contributed by atoms with van der Waals surface area (Å²) in [6.45, 7) is 6.14. The fourth-order valence-electron chi connectivity index (χ4n) is 4.37. The highest BCUT2D eigenvalue weighted by Crippen LogP contribution is 2.33. The van der Waals surface area contributed by atoms with Gasteiger partial charge in [0.2, 0.25) is 0 Å². The van der Waals surface area contributed by atoms with Crippen LogP contribution in [-0.4, -0.2) is 71.7 Å². The van der Waals surface area contributed by atoms with Gasteiger partial charge in [-0.05, 0) is 37.0 Å². The Hall–Kier alpha value is -2.38. The van der Waals surface area contributed by atoms with Gasteiger partial charge < -0.3 is 14.3 Å². The van der Waals surface area contributed by atoms with Gasteiger partial charge in [0.25, 0.3) is 5.91 Å². The molecule has 0 spiro atoms. The van der Waals surface area contributed by atoms with Gasteiger partial charge in [-0.25, -0.2) is 0 Å². The first kappa shape index (κ1) is 18.6. The van der Waals surface area contributed by atoms with Gasteiger partial charge in [-0.2, -0.15) is 0 Å². The van der Waals surface area contributed by atoms with Crippen molar-refractivity contribution in [3.05, 3.63) is 45.9 Å². The molecule has 0 atom stereocenters. The molecule has 152 valence electrons.